The van der Waals surface area contributed by atoms with Crippen LogP contribution in [0, 0.1) is 0 Å². The standard InChI is InChI=1S/C9H19NO4S/c1-15-7-5-3-2-4-6-8(9(11)12)10(13)14/h8,13-14H,2-7H2,1H3,(H,11,12). The van der Waals surface area contributed by atoms with Crippen LogP contribution in [0.25, 0.3) is 0 Å². The van der Waals surface area contributed by atoms with Gasteiger partial charge in [0.2, 0.25) is 0 Å². The maximum absolute atomic E-state index is 10.5. The second kappa shape index (κ2) is 8.96. The number of carbonyl (C=O) groups is 1. The lowest BCUT2D eigenvalue weighted by Crippen LogP contribution is -2.36. The minimum Gasteiger partial charge on any atom is -0.480 e. The van der Waals surface area contributed by atoms with Crippen molar-refractivity contribution in [2.75, 3.05) is 12.0 Å². The van der Waals surface area contributed by atoms with Gasteiger partial charge in [-0.3, -0.25) is 15.2 Å². The lowest BCUT2D eigenvalue weighted by Gasteiger charge is -2.15. The first kappa shape index (κ1) is 14.7. The van der Waals surface area contributed by atoms with E-state index in [1.165, 1.54) is 0 Å². The number of unbranched alkanes of at least 4 members (excludes halogenated alkanes) is 3. The minimum absolute atomic E-state index is 0.218. The van der Waals surface area contributed by atoms with Crippen molar-refractivity contribution in [2.24, 2.45) is 0 Å². The predicted molar refractivity (Wildman–Crippen MR) is 58.3 cm³/mol. The highest BCUT2D eigenvalue weighted by molar-refractivity contribution is 7.98. The van der Waals surface area contributed by atoms with Gasteiger partial charge in [0.1, 0.15) is 0 Å². The van der Waals surface area contributed by atoms with Gasteiger partial charge in [0.25, 0.3) is 0 Å². The molecule has 0 bridgehead atoms. The Bertz CT molecular complexity index is 177. The molecule has 0 aromatic heterocycles. The summed E-state index contributed by atoms with van der Waals surface area (Å²) in [6, 6.07) is -1.20. The van der Waals surface area contributed by atoms with Gasteiger partial charge in [0, 0.05) is 0 Å². The molecule has 0 aromatic carbocycles. The number of carboxylic acids is 1. The lowest BCUT2D eigenvalue weighted by atomic mass is 10.1. The van der Waals surface area contributed by atoms with E-state index in [0.717, 1.165) is 25.0 Å². The minimum atomic E-state index is -1.20. The summed E-state index contributed by atoms with van der Waals surface area (Å²) < 4.78 is 0. The maximum atomic E-state index is 10.5. The van der Waals surface area contributed by atoms with Crippen LogP contribution < -0.4 is 0 Å². The molecule has 0 saturated carbocycles. The van der Waals surface area contributed by atoms with Gasteiger partial charge < -0.3 is 5.11 Å². The van der Waals surface area contributed by atoms with E-state index in [4.69, 9.17) is 15.5 Å². The van der Waals surface area contributed by atoms with E-state index in [9.17, 15) is 4.79 Å². The third-order valence-electron chi connectivity index (χ3n) is 2.14. The molecule has 3 N–H and O–H groups in total. The molecule has 0 aliphatic carbocycles. The number of nitrogens with zero attached hydrogens (tertiary/aromatic N) is 1. The van der Waals surface area contributed by atoms with Gasteiger partial charge in [-0.15, -0.1) is 0 Å². The number of carboxylic acid groups (broad SMARTS) is 1. The lowest BCUT2D eigenvalue weighted by molar-refractivity contribution is -0.328. The molecule has 6 heteroatoms. The van der Waals surface area contributed by atoms with Gasteiger partial charge in [-0.25, -0.2) is 0 Å². The molecule has 0 aromatic rings. The summed E-state index contributed by atoms with van der Waals surface area (Å²) in [5.74, 6) is -0.0850. The molecule has 1 atom stereocenters. The van der Waals surface area contributed by atoms with E-state index in [2.05, 4.69) is 6.26 Å². The fourth-order valence-electron chi connectivity index (χ4n) is 1.28. The highest BCUT2D eigenvalue weighted by atomic mass is 32.2. The Hall–Kier alpha value is -0.300. The zero-order valence-electron chi connectivity index (χ0n) is 8.93. The average Bonchev–Trinajstić information content (AvgIpc) is 2.15. The van der Waals surface area contributed by atoms with Crippen LogP contribution >= 0.6 is 11.8 Å². The van der Waals surface area contributed by atoms with Crippen molar-refractivity contribution >= 4 is 17.7 Å². The SMILES string of the molecule is CSCCCCCCC(C(=O)O)N(O)O. The molecular weight excluding hydrogens is 218 g/mol. The fraction of sp³-hybridized carbons (Fsp3) is 0.889. The molecule has 0 amide bonds. The van der Waals surface area contributed by atoms with E-state index in [0.29, 0.717) is 6.42 Å². The Morgan fingerprint density at radius 3 is 2.33 bits per heavy atom. The van der Waals surface area contributed by atoms with Crippen LogP contribution in [0.15, 0.2) is 0 Å². The molecule has 1 unspecified atom stereocenters. The highest BCUT2D eigenvalue weighted by Gasteiger charge is 2.22. The first-order chi connectivity index (χ1) is 7.09. The average molecular weight is 237 g/mol. The van der Waals surface area contributed by atoms with Crippen LogP contribution in [0.5, 0.6) is 0 Å². The Kier molecular flexibility index (Phi) is 8.79. The number of rotatable bonds is 9. The molecule has 5 nitrogen and oxygen atoms in total. The van der Waals surface area contributed by atoms with Crippen molar-refractivity contribution in [1.82, 2.24) is 5.23 Å². The molecule has 90 valence electrons. The third-order valence-corrected chi connectivity index (χ3v) is 2.84. The first-order valence-electron chi connectivity index (χ1n) is 4.98. The van der Waals surface area contributed by atoms with Gasteiger partial charge in [0.15, 0.2) is 6.04 Å². The molecule has 0 aliphatic heterocycles. The van der Waals surface area contributed by atoms with Crippen molar-refractivity contribution in [1.29, 1.82) is 0 Å². The largest absolute Gasteiger partial charge is 0.480 e. The molecule has 0 fully saturated rings. The number of thioether (sulfide) groups is 1. The zero-order chi connectivity index (χ0) is 11.7. The van der Waals surface area contributed by atoms with Crippen molar-refractivity contribution in [3.8, 4) is 0 Å². The number of hydrogen-bond acceptors (Lipinski definition) is 5. The summed E-state index contributed by atoms with van der Waals surface area (Å²) in [6.45, 7) is 0. The van der Waals surface area contributed by atoms with Crippen LogP contribution in [0.4, 0.5) is 0 Å². The zero-order valence-corrected chi connectivity index (χ0v) is 9.74. The smallest absolute Gasteiger partial charge is 0.325 e. The number of aliphatic carboxylic acids is 1. The molecule has 0 rings (SSSR count). The van der Waals surface area contributed by atoms with Gasteiger partial charge in [-0.05, 0) is 24.9 Å². The van der Waals surface area contributed by atoms with Gasteiger partial charge in [-0.2, -0.15) is 11.8 Å². The van der Waals surface area contributed by atoms with E-state index in [1.54, 1.807) is 11.8 Å². The molecule has 0 heterocycles. The first-order valence-corrected chi connectivity index (χ1v) is 6.37. The normalized spacial score (nSPS) is 13.1. The van der Waals surface area contributed by atoms with Crippen molar-refractivity contribution in [3.63, 3.8) is 0 Å². The van der Waals surface area contributed by atoms with Crippen molar-refractivity contribution < 1.29 is 20.3 Å². The Morgan fingerprint density at radius 2 is 1.87 bits per heavy atom. The van der Waals surface area contributed by atoms with Crippen LogP contribution in [0.3, 0.4) is 0 Å². The quantitative estimate of drug-likeness (QED) is 0.419. The summed E-state index contributed by atoms with van der Waals surface area (Å²) in [4.78, 5) is 10.5. The van der Waals surface area contributed by atoms with E-state index in [1.807, 2.05) is 0 Å². The topological polar surface area (TPSA) is 81.0 Å². The fourth-order valence-corrected chi connectivity index (χ4v) is 1.77. The Morgan fingerprint density at radius 1 is 1.27 bits per heavy atom. The second-order valence-electron chi connectivity index (χ2n) is 3.37. The Labute approximate surface area is 94.0 Å². The summed E-state index contributed by atoms with van der Waals surface area (Å²) >= 11 is 1.79. The molecular formula is C9H19NO4S. The van der Waals surface area contributed by atoms with Crippen molar-refractivity contribution in [3.05, 3.63) is 0 Å². The summed E-state index contributed by atoms with van der Waals surface area (Å²) in [5.41, 5.74) is 0. The summed E-state index contributed by atoms with van der Waals surface area (Å²) in [5, 5.41) is 25.7. The van der Waals surface area contributed by atoms with Crippen LogP contribution in [0.1, 0.15) is 32.1 Å². The molecule has 0 saturated heterocycles. The predicted octanol–water partition coefficient (Wildman–Crippen LogP) is 1.83. The van der Waals surface area contributed by atoms with Gasteiger partial charge in [-0.1, -0.05) is 24.5 Å². The summed E-state index contributed by atoms with van der Waals surface area (Å²) in [6.07, 6.45) is 6.13. The third kappa shape index (κ3) is 7.61. The monoisotopic (exact) mass is 237 g/mol. The highest BCUT2D eigenvalue weighted by Crippen LogP contribution is 2.10. The Balaban J connectivity index is 3.50. The van der Waals surface area contributed by atoms with Crippen LogP contribution in [-0.2, 0) is 4.79 Å². The maximum Gasteiger partial charge on any atom is 0.325 e. The van der Waals surface area contributed by atoms with Gasteiger partial charge in [0.05, 0.1) is 0 Å². The van der Waals surface area contributed by atoms with Gasteiger partial charge >= 0.3 is 5.97 Å². The summed E-state index contributed by atoms with van der Waals surface area (Å²) in [7, 11) is 0. The molecule has 0 spiro atoms. The number of hydroxylamine groups is 2. The van der Waals surface area contributed by atoms with Crippen LogP contribution in [0.2, 0.25) is 0 Å². The van der Waals surface area contributed by atoms with E-state index < -0.39 is 12.0 Å². The van der Waals surface area contributed by atoms with E-state index >= 15 is 0 Å². The van der Waals surface area contributed by atoms with Crippen LogP contribution in [-0.4, -0.2) is 44.8 Å². The molecule has 0 aliphatic rings. The molecule has 15 heavy (non-hydrogen) atoms. The second-order valence-corrected chi connectivity index (χ2v) is 4.36. The van der Waals surface area contributed by atoms with Crippen molar-refractivity contribution in [2.45, 2.75) is 38.1 Å². The van der Waals surface area contributed by atoms with E-state index in [-0.39, 0.29) is 11.6 Å². The molecule has 0 radical (unpaired) electrons. The number of hydrogen-bond donors (Lipinski definition) is 3.